The van der Waals surface area contributed by atoms with E-state index in [2.05, 4.69) is 177 Å². The number of rotatable bonds is 69. The Hall–Kier alpha value is -4.85. The zero-order valence-electron chi connectivity index (χ0n) is 70.0. The molecule has 0 radical (unpaired) electrons. The van der Waals surface area contributed by atoms with Gasteiger partial charge in [-0.2, -0.15) is 0 Å². The Morgan fingerprint density at radius 2 is 0.614 bits per heavy atom. The third-order valence-electron chi connectivity index (χ3n) is 20.7. The maximum atomic E-state index is 13.5. The Labute approximate surface area is 688 Å². The summed E-state index contributed by atoms with van der Waals surface area (Å²) in [5, 5.41) is 121. The number of unbranched alkanes of at least 4 members (excludes halogenated alkanes) is 27. The molecule has 0 aromatic carbocycles. The van der Waals surface area contributed by atoms with Crippen LogP contribution in [0.4, 0.5) is 0 Å². The lowest BCUT2D eigenvalue weighted by Gasteiger charge is -2.48. The van der Waals surface area contributed by atoms with Crippen LogP contribution in [0.1, 0.15) is 290 Å². The molecule has 0 aromatic heterocycles. The van der Waals surface area contributed by atoms with Crippen molar-refractivity contribution in [2.75, 3.05) is 26.4 Å². The normalized spacial score (nSPS) is 25.6. The fraction of sp³-hybridized carbons (Fsp3) is 0.695. The summed E-state index contributed by atoms with van der Waals surface area (Å²) in [6.07, 6.45) is 82.0. The third kappa shape index (κ3) is 50.2. The second kappa shape index (κ2) is 72.2. The number of aliphatic hydroxyl groups excluding tert-OH is 11. The first-order valence-corrected chi connectivity index (χ1v) is 44.4. The van der Waals surface area contributed by atoms with Gasteiger partial charge >= 0.3 is 0 Å². The largest absolute Gasteiger partial charge is 0.394 e. The lowest BCUT2D eigenvalue weighted by atomic mass is 9.96. The van der Waals surface area contributed by atoms with Crippen LogP contribution in [-0.4, -0.2) is 193 Å². The molecule has 19 heteroatoms. The third-order valence-corrected chi connectivity index (χ3v) is 20.7. The van der Waals surface area contributed by atoms with Crippen LogP contribution >= 0.6 is 0 Å². The molecule has 17 atom stereocenters. The van der Waals surface area contributed by atoms with Crippen molar-refractivity contribution in [2.24, 2.45) is 0 Å². The Kier molecular flexibility index (Phi) is 65.4. The van der Waals surface area contributed by atoms with E-state index in [9.17, 15) is 61.0 Å². The average molecular weight is 1600 g/mol. The van der Waals surface area contributed by atoms with Crippen LogP contribution < -0.4 is 5.32 Å². The van der Waals surface area contributed by atoms with Crippen LogP contribution in [0.3, 0.4) is 0 Å². The molecule has 0 spiro atoms. The fourth-order valence-electron chi connectivity index (χ4n) is 13.7. The summed E-state index contributed by atoms with van der Waals surface area (Å²) in [6.45, 7) is 1.60. The molecule has 650 valence electrons. The molecule has 0 saturated carbocycles. The number of amides is 1. The number of carbonyl (C=O) groups is 1. The van der Waals surface area contributed by atoms with Crippen LogP contribution in [0.15, 0.2) is 170 Å². The van der Waals surface area contributed by atoms with Gasteiger partial charge in [-0.05, 0) is 128 Å². The number of hydrogen-bond acceptors (Lipinski definition) is 18. The Morgan fingerprint density at radius 1 is 0.325 bits per heavy atom. The van der Waals surface area contributed by atoms with Gasteiger partial charge in [-0.15, -0.1) is 0 Å². The summed E-state index contributed by atoms with van der Waals surface area (Å²) in [6, 6.07) is -1.02. The molecule has 3 rings (SSSR count). The van der Waals surface area contributed by atoms with Crippen LogP contribution in [0.5, 0.6) is 0 Å². The van der Waals surface area contributed by atoms with Crippen molar-refractivity contribution in [3.8, 4) is 0 Å². The molecule has 17 unspecified atom stereocenters. The van der Waals surface area contributed by atoms with Gasteiger partial charge in [0.15, 0.2) is 18.9 Å². The van der Waals surface area contributed by atoms with E-state index >= 15 is 0 Å². The molecule has 3 saturated heterocycles. The molecule has 12 N–H and O–H groups in total. The van der Waals surface area contributed by atoms with Crippen LogP contribution in [0, 0.1) is 0 Å². The van der Waals surface area contributed by atoms with E-state index in [0.717, 1.165) is 141 Å². The van der Waals surface area contributed by atoms with Gasteiger partial charge in [0.2, 0.25) is 5.91 Å². The number of aliphatic hydroxyl groups is 11. The van der Waals surface area contributed by atoms with E-state index in [-0.39, 0.29) is 18.9 Å². The molecule has 3 heterocycles. The quantitative estimate of drug-likeness (QED) is 0.0199. The molecule has 0 aliphatic carbocycles. The Bertz CT molecular complexity index is 2730. The first-order valence-electron chi connectivity index (χ1n) is 44.4. The predicted octanol–water partition coefficient (Wildman–Crippen LogP) is 16.9. The lowest BCUT2D eigenvalue weighted by Crippen LogP contribution is -2.66. The SMILES string of the molecule is CC/C=C\C/C=C\C/C=C\C/C=C\C/C=C\C/C=C\C/C=C\C/C=C\C/C=C\C/C=C\C/C=C\CCCCCCCCCC(=O)NC(COC1OC(CO)C(OC2OC(CO)C(OC3OC(CO)C(O)C(O)C3O)C(O)C2O)C(O)C1O)C(O)/C=C/CC/C=C/CC/C=C/CCCCCCCCCCCCCCCCCCCC. The van der Waals surface area contributed by atoms with Crippen molar-refractivity contribution < 1.29 is 89.4 Å². The second-order valence-electron chi connectivity index (χ2n) is 30.6. The number of hydrogen-bond donors (Lipinski definition) is 12. The zero-order chi connectivity index (χ0) is 82.4. The van der Waals surface area contributed by atoms with Crippen molar-refractivity contribution in [1.82, 2.24) is 5.32 Å². The second-order valence-corrected chi connectivity index (χ2v) is 30.6. The van der Waals surface area contributed by atoms with E-state index in [4.69, 9.17) is 28.4 Å². The van der Waals surface area contributed by atoms with Crippen molar-refractivity contribution in [2.45, 2.75) is 394 Å². The number of nitrogens with one attached hydrogen (secondary N) is 1. The molecule has 0 bridgehead atoms. The predicted molar refractivity (Wildman–Crippen MR) is 461 cm³/mol. The molecule has 114 heavy (non-hydrogen) atoms. The minimum Gasteiger partial charge on any atom is -0.394 e. The molecule has 0 aromatic rings. The highest BCUT2D eigenvalue weighted by Gasteiger charge is 2.54. The summed E-state index contributed by atoms with van der Waals surface area (Å²) in [4.78, 5) is 13.5. The minimum atomic E-state index is -1.99. The molecule has 1 amide bonds. The Morgan fingerprint density at radius 3 is 0.982 bits per heavy atom. The van der Waals surface area contributed by atoms with Gasteiger partial charge in [0, 0.05) is 6.42 Å². The van der Waals surface area contributed by atoms with Crippen molar-refractivity contribution in [1.29, 1.82) is 0 Å². The first-order chi connectivity index (χ1) is 55.8. The van der Waals surface area contributed by atoms with E-state index in [1.807, 2.05) is 6.08 Å². The van der Waals surface area contributed by atoms with Crippen LogP contribution in [0.2, 0.25) is 0 Å². The van der Waals surface area contributed by atoms with Gasteiger partial charge in [0.25, 0.3) is 0 Å². The van der Waals surface area contributed by atoms with Gasteiger partial charge in [-0.1, -0.05) is 325 Å². The van der Waals surface area contributed by atoms with Gasteiger partial charge < -0.3 is 89.9 Å². The summed E-state index contributed by atoms with van der Waals surface area (Å²) >= 11 is 0. The first kappa shape index (κ1) is 103. The summed E-state index contributed by atoms with van der Waals surface area (Å²) < 4.78 is 34.5. The van der Waals surface area contributed by atoms with Crippen molar-refractivity contribution in [3.05, 3.63) is 170 Å². The van der Waals surface area contributed by atoms with E-state index in [1.165, 1.54) is 116 Å². The van der Waals surface area contributed by atoms with Crippen LogP contribution in [-0.2, 0) is 33.2 Å². The monoisotopic (exact) mass is 1600 g/mol. The highest BCUT2D eigenvalue weighted by atomic mass is 16.8. The highest BCUT2D eigenvalue weighted by Crippen LogP contribution is 2.33. The van der Waals surface area contributed by atoms with E-state index in [1.54, 1.807) is 6.08 Å². The van der Waals surface area contributed by atoms with Gasteiger partial charge in [0.05, 0.1) is 38.6 Å². The number of allylic oxidation sites excluding steroid dienone is 27. The Balaban J connectivity index is 1.36. The minimum absolute atomic E-state index is 0.208. The summed E-state index contributed by atoms with van der Waals surface area (Å²) in [5.74, 6) is -0.306. The maximum absolute atomic E-state index is 13.5. The molecule has 3 aliphatic rings. The number of ether oxygens (including phenoxy) is 6. The smallest absolute Gasteiger partial charge is 0.220 e. The average Bonchev–Trinajstić information content (AvgIpc) is 0.782. The van der Waals surface area contributed by atoms with Crippen LogP contribution in [0.25, 0.3) is 0 Å². The summed E-state index contributed by atoms with van der Waals surface area (Å²) in [5.41, 5.74) is 0. The molecule has 19 nitrogen and oxygen atoms in total. The summed E-state index contributed by atoms with van der Waals surface area (Å²) in [7, 11) is 0. The standard InChI is InChI=1S/C95H157NO18/c1-3-5-7-9-11-13-15-17-19-21-23-25-27-29-31-33-34-35-36-37-38-39-40-41-42-43-44-45-47-49-51-53-55-57-59-61-63-65-67-69-71-73-83(101)96-78(79(100)72-70-68-66-64-62-60-58-56-54-52-50-48-46-32-30-28-26-24-22-20-18-16-14-12-10-8-6-4-2)77-109-93-89(107)86(104)91(81(75-98)111-93)114-95-90(108)87(105)92(82(76-99)112-95)113-94-88(106)85(103)84(102)80(74-97)110-94/h5,7,11,13,17,19,23,25,29,31,34-35,37-38,40-41,43-44,47,49,53-56,62,64,70,72,78-82,84-95,97-100,102-108H,3-4,6,8-10,12,14-16,18,20-22,24,26-28,30,32-33,36,39,42,45-46,48,50-52,57-61,63,65-69,71,73-77H2,1-2H3,(H,96,101)/b7-5-,13-11-,19-17-,25-23-,31-29-,35-34-,38-37-,41-40-,44-43-,49-47-,55-53-,56-54+,64-62+,72-70+. The van der Waals surface area contributed by atoms with Gasteiger partial charge in [0.1, 0.15) is 73.2 Å². The zero-order valence-corrected chi connectivity index (χ0v) is 70.0. The van der Waals surface area contributed by atoms with Gasteiger partial charge in [-0.25, -0.2) is 0 Å². The highest BCUT2D eigenvalue weighted by molar-refractivity contribution is 5.76. The number of carbonyl (C=O) groups excluding carboxylic acids is 1. The molecular formula is C95H157NO18. The molecule has 3 aliphatic heterocycles. The molecular weight excluding hydrogens is 1440 g/mol. The fourth-order valence-corrected chi connectivity index (χ4v) is 13.7. The van der Waals surface area contributed by atoms with E-state index < -0.39 is 124 Å². The van der Waals surface area contributed by atoms with Crippen molar-refractivity contribution >= 4 is 5.91 Å². The molecule has 3 fully saturated rings. The van der Waals surface area contributed by atoms with E-state index in [0.29, 0.717) is 12.8 Å². The van der Waals surface area contributed by atoms with Crippen molar-refractivity contribution in [3.63, 3.8) is 0 Å². The van der Waals surface area contributed by atoms with Gasteiger partial charge in [-0.3, -0.25) is 4.79 Å². The lowest BCUT2D eigenvalue weighted by molar-refractivity contribution is -0.379. The maximum Gasteiger partial charge on any atom is 0.220 e. The topological polar surface area (TPSA) is 307 Å².